The molecular weight excluding hydrogens is 482 g/mol. The van der Waals surface area contributed by atoms with Gasteiger partial charge in [0.1, 0.15) is 21.8 Å². The van der Waals surface area contributed by atoms with Gasteiger partial charge in [0.05, 0.1) is 30.2 Å². The molecule has 4 heterocycles. The number of aliphatic hydroxyl groups excluding tert-OH is 1. The minimum atomic E-state index is -0.633. The smallest absolute Gasteiger partial charge is 0.341 e. The summed E-state index contributed by atoms with van der Waals surface area (Å²) in [6.07, 6.45) is 5.12. The summed E-state index contributed by atoms with van der Waals surface area (Å²) in [6.45, 7) is 1.49. The van der Waals surface area contributed by atoms with Crippen LogP contribution in [0.5, 0.6) is 0 Å². The summed E-state index contributed by atoms with van der Waals surface area (Å²) in [6, 6.07) is 4.92. The van der Waals surface area contributed by atoms with E-state index in [9.17, 15) is 19.5 Å². The van der Waals surface area contributed by atoms with Crippen LogP contribution in [0.25, 0.3) is 16.7 Å². The molecule has 10 nitrogen and oxygen atoms in total. The van der Waals surface area contributed by atoms with Gasteiger partial charge in [0.2, 0.25) is 0 Å². The number of amides is 1. The molecule has 0 bridgehead atoms. The summed E-state index contributed by atoms with van der Waals surface area (Å²) in [4.78, 5) is 45.0. The summed E-state index contributed by atoms with van der Waals surface area (Å²) < 4.78 is 7.74. The summed E-state index contributed by atoms with van der Waals surface area (Å²) in [5, 5.41) is 21.7. The van der Waals surface area contributed by atoms with Crippen molar-refractivity contribution in [2.24, 2.45) is 0 Å². The summed E-state index contributed by atoms with van der Waals surface area (Å²) in [5.74, 6) is -1.15. The second kappa shape index (κ2) is 9.32. The van der Waals surface area contributed by atoms with Crippen LogP contribution in [0.2, 0.25) is 0 Å². The number of nitrogens with one attached hydrogen (secondary N) is 2. The van der Waals surface area contributed by atoms with Crippen LogP contribution >= 0.6 is 11.3 Å². The van der Waals surface area contributed by atoms with E-state index in [1.807, 2.05) is 13.0 Å². The molecule has 1 aliphatic carbocycles. The van der Waals surface area contributed by atoms with Crippen molar-refractivity contribution in [2.45, 2.75) is 39.2 Å². The summed E-state index contributed by atoms with van der Waals surface area (Å²) in [7, 11) is 1.30. The zero-order valence-electron chi connectivity index (χ0n) is 19.9. The van der Waals surface area contributed by atoms with Crippen LogP contribution in [0, 0.1) is 12.3 Å². The fraction of sp³-hybridized carbons (Fsp3) is 0.320. The molecule has 0 atom stereocenters. The number of aromatic nitrogens is 3. The molecule has 0 radical (unpaired) electrons. The molecule has 0 aliphatic heterocycles. The van der Waals surface area contributed by atoms with E-state index in [1.165, 1.54) is 33.5 Å². The van der Waals surface area contributed by atoms with E-state index in [0.29, 0.717) is 16.2 Å². The molecule has 0 aromatic carbocycles. The number of carbonyl (C=O) groups is 2. The Morgan fingerprint density at radius 1 is 1.28 bits per heavy atom. The first-order chi connectivity index (χ1) is 17.3. The highest BCUT2D eigenvalue weighted by molar-refractivity contribution is 7.17. The zero-order valence-corrected chi connectivity index (χ0v) is 20.7. The van der Waals surface area contributed by atoms with Gasteiger partial charge >= 0.3 is 5.97 Å². The number of esters is 1. The maximum atomic E-state index is 13.5. The molecule has 4 aromatic heterocycles. The van der Waals surface area contributed by atoms with E-state index in [1.54, 1.807) is 12.3 Å². The number of methoxy groups -OCH3 is 1. The van der Waals surface area contributed by atoms with Crippen molar-refractivity contribution in [3.05, 3.63) is 67.4 Å². The van der Waals surface area contributed by atoms with Crippen molar-refractivity contribution >= 4 is 44.9 Å². The monoisotopic (exact) mass is 507 g/mol. The standard InChI is InChI=1S/C25H25N5O5S/c1-13-6-5-9-30-20(13)27-21-16(24(30)33)12-15(19(26)29(21)10-11-31)22(32)28-23-18(25(34)35-2)14-7-3-4-8-17(14)36-23/h5-6,9,12,26,31H,3-4,7-8,10-11H2,1-2H3,(H,28,32). The second-order valence-electron chi connectivity index (χ2n) is 8.68. The van der Waals surface area contributed by atoms with Crippen LogP contribution in [0.1, 0.15) is 49.6 Å². The Morgan fingerprint density at radius 3 is 2.81 bits per heavy atom. The maximum absolute atomic E-state index is 13.5. The van der Waals surface area contributed by atoms with Crippen molar-refractivity contribution in [1.29, 1.82) is 5.41 Å². The number of thiophene rings is 1. The highest BCUT2D eigenvalue weighted by Gasteiger charge is 2.28. The molecule has 0 saturated heterocycles. The maximum Gasteiger partial charge on any atom is 0.341 e. The SMILES string of the molecule is COC(=O)c1c(NC(=O)c2cc3c(=O)n4cccc(C)c4nc3n(CCO)c2=N)sc2c1CCCC2. The van der Waals surface area contributed by atoms with E-state index < -0.39 is 11.9 Å². The Balaban J connectivity index is 1.68. The van der Waals surface area contributed by atoms with E-state index >= 15 is 0 Å². The Kier molecular flexibility index (Phi) is 6.19. The first-order valence-electron chi connectivity index (χ1n) is 11.6. The fourth-order valence-electron chi connectivity index (χ4n) is 4.73. The molecule has 4 aromatic rings. The molecule has 186 valence electrons. The van der Waals surface area contributed by atoms with Crippen molar-refractivity contribution in [3.8, 4) is 0 Å². The topological polar surface area (TPSA) is 139 Å². The molecule has 0 saturated carbocycles. The summed E-state index contributed by atoms with van der Waals surface area (Å²) >= 11 is 1.34. The molecule has 1 amide bonds. The number of carbonyl (C=O) groups excluding carboxylic acids is 2. The van der Waals surface area contributed by atoms with E-state index in [-0.39, 0.29) is 40.8 Å². The van der Waals surface area contributed by atoms with Gasteiger partial charge in [0, 0.05) is 17.6 Å². The van der Waals surface area contributed by atoms with Gasteiger partial charge in [-0.3, -0.25) is 19.4 Å². The van der Waals surface area contributed by atoms with Crippen LogP contribution in [0.15, 0.2) is 29.2 Å². The van der Waals surface area contributed by atoms with Gasteiger partial charge in [-0.2, -0.15) is 0 Å². The first kappa shape index (κ1) is 23.9. The number of pyridine rings is 2. The van der Waals surface area contributed by atoms with Crippen LogP contribution in [0.4, 0.5) is 5.00 Å². The number of nitrogens with zero attached hydrogens (tertiary/aromatic N) is 3. The quantitative estimate of drug-likeness (QED) is 0.280. The van der Waals surface area contributed by atoms with Crippen molar-refractivity contribution < 1.29 is 19.4 Å². The Bertz CT molecular complexity index is 1670. The molecular formula is C25H25N5O5S. The molecule has 36 heavy (non-hydrogen) atoms. The highest BCUT2D eigenvalue weighted by atomic mass is 32.1. The molecule has 0 fully saturated rings. The van der Waals surface area contributed by atoms with Gasteiger partial charge in [0.25, 0.3) is 11.5 Å². The lowest BCUT2D eigenvalue weighted by Crippen LogP contribution is -2.33. The fourth-order valence-corrected chi connectivity index (χ4v) is 6.00. The van der Waals surface area contributed by atoms with E-state index in [2.05, 4.69) is 10.3 Å². The molecule has 0 unspecified atom stereocenters. The van der Waals surface area contributed by atoms with Crippen LogP contribution < -0.4 is 16.4 Å². The number of fused-ring (bicyclic) bond motifs is 3. The number of hydrogen-bond acceptors (Lipinski definition) is 8. The molecule has 1 aliphatic rings. The molecule has 11 heteroatoms. The summed E-state index contributed by atoms with van der Waals surface area (Å²) in [5.41, 5.74) is 2.03. The van der Waals surface area contributed by atoms with Crippen LogP contribution in [-0.4, -0.2) is 44.7 Å². The molecule has 0 spiro atoms. The van der Waals surface area contributed by atoms with Crippen LogP contribution in [0.3, 0.4) is 0 Å². The lowest BCUT2D eigenvalue weighted by atomic mass is 9.95. The van der Waals surface area contributed by atoms with Crippen molar-refractivity contribution in [1.82, 2.24) is 14.0 Å². The van der Waals surface area contributed by atoms with Crippen molar-refractivity contribution in [3.63, 3.8) is 0 Å². The number of anilines is 1. The van der Waals surface area contributed by atoms with Crippen molar-refractivity contribution in [2.75, 3.05) is 19.0 Å². The predicted octanol–water partition coefficient (Wildman–Crippen LogP) is 2.41. The van der Waals surface area contributed by atoms with Crippen LogP contribution in [-0.2, 0) is 24.1 Å². The van der Waals surface area contributed by atoms with Gasteiger partial charge in [-0.05, 0) is 55.9 Å². The first-order valence-corrected chi connectivity index (χ1v) is 12.4. The highest BCUT2D eigenvalue weighted by Crippen LogP contribution is 2.38. The van der Waals surface area contributed by atoms with Gasteiger partial charge in [0.15, 0.2) is 0 Å². The average molecular weight is 508 g/mol. The number of aryl methyl sites for hydroxylation is 2. The van der Waals surface area contributed by atoms with E-state index in [4.69, 9.17) is 10.1 Å². The number of hydrogen-bond donors (Lipinski definition) is 3. The Labute approximate surface area is 209 Å². The third kappa shape index (κ3) is 3.80. The average Bonchev–Trinajstić information content (AvgIpc) is 3.23. The Morgan fingerprint density at radius 2 is 2.06 bits per heavy atom. The third-order valence-corrected chi connectivity index (χ3v) is 7.70. The van der Waals surface area contributed by atoms with E-state index in [0.717, 1.165) is 41.7 Å². The van der Waals surface area contributed by atoms with Gasteiger partial charge in [-0.25, -0.2) is 9.78 Å². The number of ether oxygens (including phenoxy) is 1. The lowest BCUT2D eigenvalue weighted by Gasteiger charge is -2.14. The van der Waals surface area contributed by atoms with Gasteiger partial charge in [-0.1, -0.05) is 6.07 Å². The largest absolute Gasteiger partial charge is 0.465 e. The van der Waals surface area contributed by atoms with Gasteiger partial charge < -0.3 is 19.7 Å². The second-order valence-corrected chi connectivity index (χ2v) is 9.79. The van der Waals surface area contributed by atoms with Gasteiger partial charge in [-0.15, -0.1) is 11.3 Å². The normalized spacial score (nSPS) is 13.1. The number of aliphatic hydroxyl groups is 1. The predicted molar refractivity (Wildman–Crippen MR) is 135 cm³/mol. The Hall–Kier alpha value is -3.83. The molecule has 5 rings (SSSR count). The zero-order chi connectivity index (χ0) is 25.6. The minimum absolute atomic E-state index is 0.0222. The third-order valence-electron chi connectivity index (χ3n) is 6.49. The number of rotatable bonds is 5. The minimum Gasteiger partial charge on any atom is -0.465 e. The molecule has 3 N–H and O–H groups in total. The lowest BCUT2D eigenvalue weighted by molar-refractivity contribution is 0.0601.